The summed E-state index contributed by atoms with van der Waals surface area (Å²) in [5, 5.41) is 0. The number of ether oxygens (including phenoxy) is 2. The van der Waals surface area contributed by atoms with Gasteiger partial charge in [0, 0.05) is 6.92 Å². The summed E-state index contributed by atoms with van der Waals surface area (Å²) in [6, 6.07) is 0. The summed E-state index contributed by atoms with van der Waals surface area (Å²) in [7, 11) is 0. The molecule has 0 aliphatic carbocycles. The molecule has 0 aliphatic heterocycles. The van der Waals surface area contributed by atoms with Gasteiger partial charge < -0.3 is 9.47 Å². The van der Waals surface area contributed by atoms with E-state index >= 15 is 0 Å². The van der Waals surface area contributed by atoms with Crippen molar-refractivity contribution >= 4 is 0 Å². The first-order chi connectivity index (χ1) is 5.81. The Labute approximate surface area is 73.2 Å². The van der Waals surface area contributed by atoms with E-state index in [-0.39, 0.29) is 12.7 Å². The molecule has 0 N–H and O–H groups in total. The Morgan fingerprint density at radius 3 is 2.75 bits per heavy atom. The number of rotatable bonds is 2. The lowest BCUT2D eigenvalue weighted by Crippen LogP contribution is -1.99. The van der Waals surface area contributed by atoms with E-state index in [0.717, 1.165) is 0 Å². The van der Waals surface area contributed by atoms with E-state index in [1.165, 1.54) is 0 Å². The lowest BCUT2D eigenvalue weighted by Gasteiger charge is -1.97. The van der Waals surface area contributed by atoms with E-state index in [4.69, 9.17) is 15.9 Å². The third-order valence-corrected chi connectivity index (χ3v) is 0.828. The van der Waals surface area contributed by atoms with Crippen LogP contribution in [0.15, 0.2) is 0 Å². The Morgan fingerprint density at radius 1 is 1.42 bits per heavy atom. The van der Waals surface area contributed by atoms with E-state index in [1.54, 1.807) is 13.8 Å². The lowest BCUT2D eigenvalue weighted by molar-refractivity contribution is 0.235. The molecule has 0 radical (unpaired) electrons. The van der Waals surface area contributed by atoms with Crippen LogP contribution in [0.5, 0.6) is 0 Å². The molecule has 0 rings (SSSR count). The monoisotopic (exact) mass is 162 g/mol. The summed E-state index contributed by atoms with van der Waals surface area (Å²) in [5.41, 5.74) is 0. The van der Waals surface area contributed by atoms with Crippen molar-refractivity contribution in [1.29, 1.82) is 0 Å². The molecule has 0 aromatic carbocycles. The highest BCUT2D eigenvalue weighted by Crippen LogP contribution is 1.84. The molecule has 0 aromatic heterocycles. The summed E-state index contributed by atoms with van der Waals surface area (Å²) < 4.78 is 9.61. The molecule has 0 amide bonds. The molecule has 0 bridgehead atoms. The first-order valence-electron chi connectivity index (χ1n) is 3.44. The Balaban J connectivity index is 3.62. The van der Waals surface area contributed by atoms with Crippen LogP contribution in [0.2, 0.25) is 0 Å². The summed E-state index contributed by atoms with van der Waals surface area (Å²) in [6.45, 7) is 3.66. The molecule has 2 heteroatoms. The van der Waals surface area contributed by atoms with Crippen LogP contribution in [0, 0.1) is 36.4 Å². The molecule has 12 heavy (non-hydrogen) atoms. The van der Waals surface area contributed by atoms with Crippen LogP contribution in [0.3, 0.4) is 0 Å². The Morgan fingerprint density at radius 2 is 2.17 bits per heavy atom. The number of terminal acetylenes is 1. The topological polar surface area (TPSA) is 18.5 Å². The molecule has 0 saturated carbocycles. The highest BCUT2D eigenvalue weighted by atomic mass is 16.5. The second kappa shape index (κ2) is 7.39. The largest absolute Gasteiger partial charge is 0.433 e. The van der Waals surface area contributed by atoms with Crippen molar-refractivity contribution in [2.75, 3.05) is 6.61 Å². The van der Waals surface area contributed by atoms with Crippen molar-refractivity contribution in [3.63, 3.8) is 0 Å². The average molecular weight is 162 g/mol. The maximum Gasteiger partial charge on any atom is 0.171 e. The minimum Gasteiger partial charge on any atom is -0.433 e. The minimum atomic E-state index is -0.254. The van der Waals surface area contributed by atoms with E-state index in [1.807, 2.05) is 0 Å². The highest BCUT2D eigenvalue weighted by molar-refractivity contribution is 5.01. The minimum absolute atomic E-state index is 0.194. The van der Waals surface area contributed by atoms with Gasteiger partial charge in [0.1, 0.15) is 12.2 Å². The van der Waals surface area contributed by atoms with Gasteiger partial charge in [-0.1, -0.05) is 11.8 Å². The third kappa shape index (κ3) is 6.40. The third-order valence-electron chi connectivity index (χ3n) is 0.828. The molecular formula is C10H10O2. The van der Waals surface area contributed by atoms with Gasteiger partial charge in [-0.3, -0.25) is 0 Å². The smallest absolute Gasteiger partial charge is 0.171 e. The van der Waals surface area contributed by atoms with Gasteiger partial charge >= 0.3 is 0 Å². The lowest BCUT2D eigenvalue weighted by atomic mass is 10.4. The molecule has 0 heterocycles. The van der Waals surface area contributed by atoms with Crippen LogP contribution in [0.1, 0.15) is 13.8 Å². The van der Waals surface area contributed by atoms with E-state index in [0.29, 0.717) is 0 Å². The molecular weight excluding hydrogens is 152 g/mol. The zero-order valence-electron chi connectivity index (χ0n) is 7.18. The molecule has 0 saturated heterocycles. The Hall–Kier alpha value is -1.72. The van der Waals surface area contributed by atoms with Crippen LogP contribution in [-0.4, -0.2) is 12.7 Å². The van der Waals surface area contributed by atoms with Crippen LogP contribution in [0.4, 0.5) is 0 Å². The molecule has 0 fully saturated rings. The zero-order valence-corrected chi connectivity index (χ0v) is 7.18. The van der Waals surface area contributed by atoms with Gasteiger partial charge in [-0.2, -0.15) is 0 Å². The van der Waals surface area contributed by atoms with Crippen molar-refractivity contribution in [2.24, 2.45) is 0 Å². The molecule has 1 unspecified atom stereocenters. The first kappa shape index (κ1) is 10.3. The summed E-state index contributed by atoms with van der Waals surface area (Å²) in [4.78, 5) is 0. The molecule has 62 valence electrons. The zero-order chi connectivity index (χ0) is 9.23. The normalized spacial score (nSPS) is 9.08. The molecule has 0 spiro atoms. The second-order valence-corrected chi connectivity index (χ2v) is 1.85. The maximum atomic E-state index is 4.93. The van der Waals surface area contributed by atoms with Gasteiger partial charge in [-0.05, 0) is 12.8 Å². The Bertz CT molecular complexity index is 264. The molecule has 0 aromatic rings. The Kier molecular flexibility index (Phi) is 6.33. The van der Waals surface area contributed by atoms with Crippen LogP contribution in [0.25, 0.3) is 0 Å². The fourth-order valence-electron chi connectivity index (χ4n) is 0.379. The first-order valence-corrected chi connectivity index (χ1v) is 3.44. The number of hydrogen-bond acceptors (Lipinski definition) is 2. The van der Waals surface area contributed by atoms with Gasteiger partial charge in [0.15, 0.2) is 12.7 Å². The molecule has 1 atom stereocenters. The summed E-state index contributed by atoms with van der Waals surface area (Å²) in [6.07, 6.45) is 9.53. The van der Waals surface area contributed by atoms with Crippen LogP contribution in [-0.2, 0) is 9.47 Å². The predicted octanol–water partition coefficient (Wildman–Crippen LogP) is 0.983. The fourth-order valence-corrected chi connectivity index (χ4v) is 0.379. The van der Waals surface area contributed by atoms with E-state index in [2.05, 4.69) is 30.0 Å². The molecule has 2 nitrogen and oxygen atoms in total. The van der Waals surface area contributed by atoms with Gasteiger partial charge in [-0.25, -0.2) is 0 Å². The number of hydrogen-bond donors (Lipinski definition) is 0. The average Bonchev–Trinajstić information content (AvgIpc) is 2.09. The van der Waals surface area contributed by atoms with Crippen LogP contribution < -0.4 is 0 Å². The van der Waals surface area contributed by atoms with Crippen molar-refractivity contribution < 1.29 is 9.47 Å². The predicted molar refractivity (Wildman–Crippen MR) is 46.6 cm³/mol. The van der Waals surface area contributed by atoms with Crippen molar-refractivity contribution in [1.82, 2.24) is 0 Å². The SMILES string of the molecule is C#CCOC#CC(C)OC#CC. The van der Waals surface area contributed by atoms with Crippen molar-refractivity contribution in [3.8, 4) is 36.4 Å². The highest BCUT2D eigenvalue weighted by Gasteiger charge is 1.91. The van der Waals surface area contributed by atoms with Gasteiger partial charge in [0.05, 0.1) is 0 Å². The van der Waals surface area contributed by atoms with E-state index in [9.17, 15) is 0 Å². The van der Waals surface area contributed by atoms with E-state index < -0.39 is 0 Å². The van der Waals surface area contributed by atoms with Crippen LogP contribution >= 0.6 is 0 Å². The fraction of sp³-hybridized carbons (Fsp3) is 0.400. The quantitative estimate of drug-likeness (QED) is 0.445. The second-order valence-electron chi connectivity index (χ2n) is 1.85. The summed E-state index contributed by atoms with van der Waals surface area (Å²) >= 11 is 0. The summed E-state index contributed by atoms with van der Waals surface area (Å²) in [5.74, 6) is 7.54. The van der Waals surface area contributed by atoms with Gasteiger partial charge in [0.25, 0.3) is 0 Å². The maximum absolute atomic E-state index is 4.93. The molecule has 0 aliphatic rings. The van der Waals surface area contributed by atoms with Gasteiger partial charge in [-0.15, -0.1) is 6.42 Å². The van der Waals surface area contributed by atoms with Crippen molar-refractivity contribution in [2.45, 2.75) is 20.0 Å². The standard InChI is InChI=1S/C10H10O2/c1-4-7-11-9-6-10(3)12-8-5-2/h1,10H,7H2,2-3H3. The van der Waals surface area contributed by atoms with Crippen molar-refractivity contribution in [3.05, 3.63) is 0 Å². The van der Waals surface area contributed by atoms with Gasteiger partial charge in [0.2, 0.25) is 0 Å².